The molecule has 0 aliphatic carbocycles. The van der Waals surface area contributed by atoms with Crippen LogP contribution in [0.25, 0.3) is 0 Å². The number of alkyl halides is 3. The van der Waals surface area contributed by atoms with Crippen molar-refractivity contribution >= 4 is 5.91 Å². The van der Waals surface area contributed by atoms with Crippen LogP contribution in [0.5, 0.6) is 0 Å². The molecule has 166 valence electrons. The van der Waals surface area contributed by atoms with Gasteiger partial charge in [0.2, 0.25) is 5.91 Å². The molecule has 0 bridgehead atoms. The van der Waals surface area contributed by atoms with Crippen molar-refractivity contribution in [3.8, 4) is 0 Å². The normalized spacial score (nSPS) is 22.5. The van der Waals surface area contributed by atoms with Gasteiger partial charge in [-0.05, 0) is 54.0 Å². The Balaban J connectivity index is 1.39. The van der Waals surface area contributed by atoms with Crippen molar-refractivity contribution in [2.24, 2.45) is 5.92 Å². The fourth-order valence-electron chi connectivity index (χ4n) is 4.91. The van der Waals surface area contributed by atoms with E-state index in [1.807, 2.05) is 4.90 Å². The first-order valence-corrected chi connectivity index (χ1v) is 11.1. The summed E-state index contributed by atoms with van der Waals surface area (Å²) in [4.78, 5) is 17.0. The molecule has 6 heteroatoms. The number of piperidine rings is 2. The molecular weight excluding hydrogens is 401 g/mol. The van der Waals surface area contributed by atoms with E-state index in [1.165, 1.54) is 23.3 Å². The molecule has 0 spiro atoms. The second kappa shape index (κ2) is 9.03. The summed E-state index contributed by atoms with van der Waals surface area (Å²) in [6.07, 6.45) is -0.992. The largest absolute Gasteiger partial charge is 0.416 e. The van der Waals surface area contributed by atoms with E-state index in [4.69, 9.17) is 0 Å². The fourth-order valence-corrected chi connectivity index (χ4v) is 4.91. The SMILES string of the molecule is CCc1ccc(CN2CC[C@H]3[C@H](CCC(=O)N3Cc3ccc(C(F)(F)F)cc3)C2)cc1. The lowest BCUT2D eigenvalue weighted by atomic mass is 9.83. The smallest absolute Gasteiger partial charge is 0.335 e. The second-order valence-electron chi connectivity index (χ2n) is 8.78. The molecule has 2 aliphatic heterocycles. The van der Waals surface area contributed by atoms with Gasteiger partial charge in [0.15, 0.2) is 0 Å². The molecule has 31 heavy (non-hydrogen) atoms. The Hall–Kier alpha value is -2.34. The molecule has 0 N–H and O–H groups in total. The Kier molecular flexibility index (Phi) is 6.37. The highest BCUT2D eigenvalue weighted by Gasteiger charge is 2.39. The van der Waals surface area contributed by atoms with Crippen LogP contribution in [-0.2, 0) is 30.5 Å². The maximum atomic E-state index is 12.8. The third-order valence-corrected chi connectivity index (χ3v) is 6.70. The monoisotopic (exact) mass is 430 g/mol. The quantitative estimate of drug-likeness (QED) is 0.644. The summed E-state index contributed by atoms with van der Waals surface area (Å²) in [5.74, 6) is 0.528. The highest BCUT2D eigenvalue weighted by molar-refractivity contribution is 5.77. The van der Waals surface area contributed by atoms with Gasteiger partial charge in [-0.2, -0.15) is 13.2 Å². The van der Waals surface area contributed by atoms with Gasteiger partial charge in [0.1, 0.15) is 0 Å². The van der Waals surface area contributed by atoms with Gasteiger partial charge in [0.25, 0.3) is 0 Å². The second-order valence-corrected chi connectivity index (χ2v) is 8.78. The number of halogens is 3. The summed E-state index contributed by atoms with van der Waals surface area (Å²) in [6.45, 7) is 5.34. The van der Waals surface area contributed by atoms with Gasteiger partial charge in [-0.3, -0.25) is 9.69 Å². The average molecular weight is 431 g/mol. The predicted octanol–water partition coefficient (Wildman–Crippen LogP) is 5.28. The zero-order valence-electron chi connectivity index (χ0n) is 17.9. The van der Waals surface area contributed by atoms with Gasteiger partial charge >= 0.3 is 6.18 Å². The third kappa shape index (κ3) is 5.12. The van der Waals surface area contributed by atoms with Crippen molar-refractivity contribution < 1.29 is 18.0 Å². The summed E-state index contributed by atoms with van der Waals surface area (Å²) in [5, 5.41) is 0. The zero-order valence-corrected chi connectivity index (χ0v) is 17.9. The number of hydrogen-bond acceptors (Lipinski definition) is 2. The van der Waals surface area contributed by atoms with Crippen LogP contribution in [-0.4, -0.2) is 34.8 Å². The van der Waals surface area contributed by atoms with Crippen molar-refractivity contribution in [1.82, 2.24) is 9.80 Å². The van der Waals surface area contributed by atoms with Gasteiger partial charge < -0.3 is 4.90 Å². The van der Waals surface area contributed by atoms with Crippen molar-refractivity contribution in [3.05, 3.63) is 70.8 Å². The standard InChI is InChI=1S/C25H29F3N2O/c1-2-18-3-5-19(6-4-18)15-29-14-13-23-21(17-29)9-12-24(31)30(23)16-20-7-10-22(11-8-20)25(26,27)28/h3-8,10-11,21,23H,2,9,12-17H2,1H3/t21-,23+/m1/s1. The summed E-state index contributed by atoms with van der Waals surface area (Å²) in [7, 11) is 0. The molecule has 2 atom stereocenters. The molecule has 2 saturated heterocycles. The Labute approximate surface area is 181 Å². The van der Waals surface area contributed by atoms with E-state index in [0.717, 1.165) is 56.6 Å². The molecular formula is C25H29F3N2O. The van der Waals surface area contributed by atoms with E-state index in [2.05, 4.69) is 36.1 Å². The van der Waals surface area contributed by atoms with E-state index in [-0.39, 0.29) is 11.9 Å². The molecule has 2 fully saturated rings. The minimum atomic E-state index is -4.34. The van der Waals surface area contributed by atoms with Crippen molar-refractivity contribution in [3.63, 3.8) is 0 Å². The van der Waals surface area contributed by atoms with Gasteiger partial charge in [-0.15, -0.1) is 0 Å². The van der Waals surface area contributed by atoms with Crippen LogP contribution in [0.3, 0.4) is 0 Å². The first-order valence-electron chi connectivity index (χ1n) is 11.1. The maximum Gasteiger partial charge on any atom is 0.416 e. The summed E-state index contributed by atoms with van der Waals surface area (Å²) in [6, 6.07) is 14.1. The maximum absolute atomic E-state index is 12.8. The number of aryl methyl sites for hydroxylation is 1. The van der Waals surface area contributed by atoms with E-state index in [1.54, 1.807) is 0 Å². The molecule has 0 radical (unpaired) electrons. The molecule has 0 unspecified atom stereocenters. The number of rotatable bonds is 5. The Morgan fingerprint density at radius 1 is 0.903 bits per heavy atom. The molecule has 4 rings (SSSR count). The average Bonchev–Trinajstić information content (AvgIpc) is 2.76. The van der Waals surface area contributed by atoms with Crippen LogP contribution in [0.1, 0.15) is 48.4 Å². The first kappa shape index (κ1) is 21.9. The number of benzene rings is 2. The topological polar surface area (TPSA) is 23.6 Å². The molecule has 0 saturated carbocycles. The van der Waals surface area contributed by atoms with E-state index in [0.29, 0.717) is 18.9 Å². The van der Waals surface area contributed by atoms with Crippen LogP contribution in [0.15, 0.2) is 48.5 Å². The number of likely N-dealkylation sites (tertiary alicyclic amines) is 2. The van der Waals surface area contributed by atoms with Crippen LogP contribution in [0.2, 0.25) is 0 Å². The number of amides is 1. The minimum Gasteiger partial charge on any atom is -0.335 e. The number of fused-ring (bicyclic) bond motifs is 1. The minimum absolute atomic E-state index is 0.116. The number of carbonyl (C=O) groups is 1. The Morgan fingerprint density at radius 2 is 1.52 bits per heavy atom. The van der Waals surface area contributed by atoms with Crippen molar-refractivity contribution in [2.45, 2.75) is 57.9 Å². The first-order chi connectivity index (χ1) is 14.8. The number of carbonyl (C=O) groups excluding carboxylic acids is 1. The summed E-state index contributed by atoms with van der Waals surface area (Å²) >= 11 is 0. The summed E-state index contributed by atoms with van der Waals surface area (Å²) in [5.41, 5.74) is 2.75. The van der Waals surface area contributed by atoms with Crippen LogP contribution >= 0.6 is 0 Å². The molecule has 2 aliphatic rings. The third-order valence-electron chi connectivity index (χ3n) is 6.70. The lowest BCUT2D eigenvalue weighted by Gasteiger charge is -2.47. The Bertz CT molecular complexity index is 892. The molecule has 2 aromatic carbocycles. The van der Waals surface area contributed by atoms with E-state index in [9.17, 15) is 18.0 Å². The molecule has 0 aromatic heterocycles. The fraction of sp³-hybridized carbons (Fsp3) is 0.480. The molecule has 2 heterocycles. The predicted molar refractivity (Wildman–Crippen MR) is 114 cm³/mol. The summed E-state index contributed by atoms with van der Waals surface area (Å²) < 4.78 is 38.5. The number of hydrogen-bond donors (Lipinski definition) is 0. The van der Waals surface area contributed by atoms with Crippen molar-refractivity contribution in [1.29, 1.82) is 0 Å². The van der Waals surface area contributed by atoms with E-state index < -0.39 is 11.7 Å². The number of nitrogens with zero attached hydrogens (tertiary/aromatic N) is 2. The van der Waals surface area contributed by atoms with Gasteiger partial charge in [-0.25, -0.2) is 0 Å². The lowest BCUT2D eigenvalue weighted by Crippen LogP contribution is -2.55. The highest BCUT2D eigenvalue weighted by Crippen LogP contribution is 2.34. The lowest BCUT2D eigenvalue weighted by molar-refractivity contribution is -0.142. The van der Waals surface area contributed by atoms with Crippen LogP contribution in [0.4, 0.5) is 13.2 Å². The molecule has 1 amide bonds. The van der Waals surface area contributed by atoms with Gasteiger partial charge in [-0.1, -0.05) is 43.3 Å². The molecule has 2 aromatic rings. The highest BCUT2D eigenvalue weighted by atomic mass is 19.4. The van der Waals surface area contributed by atoms with Gasteiger partial charge in [0.05, 0.1) is 5.56 Å². The van der Waals surface area contributed by atoms with Crippen LogP contribution in [0, 0.1) is 5.92 Å². The zero-order chi connectivity index (χ0) is 22.0. The Morgan fingerprint density at radius 3 is 2.16 bits per heavy atom. The van der Waals surface area contributed by atoms with Crippen LogP contribution < -0.4 is 0 Å². The van der Waals surface area contributed by atoms with Gasteiger partial charge in [0, 0.05) is 38.6 Å². The van der Waals surface area contributed by atoms with E-state index >= 15 is 0 Å². The van der Waals surface area contributed by atoms with Crippen molar-refractivity contribution in [2.75, 3.05) is 13.1 Å². The molecule has 3 nitrogen and oxygen atoms in total.